The van der Waals surface area contributed by atoms with E-state index in [-0.39, 0.29) is 16.3 Å². The molecule has 0 spiro atoms. The van der Waals surface area contributed by atoms with Crippen LogP contribution in [0.4, 0.5) is 15.9 Å². The van der Waals surface area contributed by atoms with Gasteiger partial charge in [-0.05, 0) is 47.6 Å². The van der Waals surface area contributed by atoms with E-state index in [1.54, 1.807) is 30.5 Å². The maximum Gasteiger partial charge on any atom is 0.244 e. The standard InChI is InChI=1S/C26H32FN7O2S2/c1-25(2,3)37(7)33-22-16-30-23(31-24(22)34-38(35)26(4,5)6)19(28)14-21(20-12-13-36-32-20)29-15-17-10-8-9-11-18(17)27/h8-16,28,33H,7H2,1-6H3,(H,30,31,34)/p+1/b21-14-,28-19?,29-15?. The van der Waals surface area contributed by atoms with Gasteiger partial charge in [-0.25, -0.2) is 18.6 Å². The van der Waals surface area contributed by atoms with E-state index in [4.69, 9.17) is 9.93 Å². The Bertz CT molecular complexity index is 1410. The molecule has 2 unspecified atom stereocenters. The lowest BCUT2D eigenvalue weighted by Crippen LogP contribution is -2.40. The first kappa shape index (κ1) is 29.1. The number of aliphatic imine (C=N–C) groups is 1. The number of halogens is 1. The number of hydrogen-bond acceptors (Lipinski definition) is 7. The van der Waals surface area contributed by atoms with Gasteiger partial charge in [-0.1, -0.05) is 39.9 Å². The summed E-state index contributed by atoms with van der Waals surface area (Å²) in [5, 5.41) is 10.3. The van der Waals surface area contributed by atoms with Crippen LogP contribution in [0, 0.1) is 5.82 Å². The van der Waals surface area contributed by atoms with Gasteiger partial charge in [0, 0.05) is 28.7 Å². The molecule has 12 heteroatoms. The Morgan fingerprint density at radius 2 is 1.84 bits per heavy atom. The fourth-order valence-electron chi connectivity index (χ4n) is 2.65. The fourth-order valence-corrected chi connectivity index (χ4v) is 4.01. The average Bonchev–Trinajstić information content (AvgIpc) is 3.37. The number of hydrogen-bond donors (Lipinski definition) is 3. The summed E-state index contributed by atoms with van der Waals surface area (Å²) in [7, 11) is -1.95. The van der Waals surface area contributed by atoms with Crippen LogP contribution < -0.4 is 14.9 Å². The maximum absolute atomic E-state index is 14.1. The van der Waals surface area contributed by atoms with Crippen molar-refractivity contribution < 1.29 is 18.5 Å². The molecule has 2 aromatic heterocycles. The lowest BCUT2D eigenvalue weighted by Gasteiger charge is -2.26. The third kappa shape index (κ3) is 7.75. The van der Waals surface area contributed by atoms with Gasteiger partial charge in [0.25, 0.3) is 0 Å². The second-order valence-corrected chi connectivity index (χ2v) is 14.4. The zero-order valence-corrected chi connectivity index (χ0v) is 23.9. The first-order valence-electron chi connectivity index (χ1n) is 11.7. The van der Waals surface area contributed by atoms with Crippen molar-refractivity contribution in [1.82, 2.24) is 15.1 Å². The van der Waals surface area contributed by atoms with E-state index in [1.165, 1.54) is 24.6 Å². The van der Waals surface area contributed by atoms with E-state index in [9.17, 15) is 8.60 Å². The largest absolute Gasteiger partial charge is 0.364 e. The predicted molar refractivity (Wildman–Crippen MR) is 156 cm³/mol. The van der Waals surface area contributed by atoms with Crippen molar-refractivity contribution in [1.29, 1.82) is 0 Å². The summed E-state index contributed by atoms with van der Waals surface area (Å²) in [6, 6.07) is 7.85. The number of allylic oxidation sites excluding steroid dienone is 1. The van der Waals surface area contributed by atoms with Crippen LogP contribution in [-0.4, -0.2) is 46.6 Å². The molecule has 0 bridgehead atoms. The van der Waals surface area contributed by atoms with E-state index >= 15 is 0 Å². The van der Waals surface area contributed by atoms with Gasteiger partial charge in [-0.15, -0.1) is 0 Å². The van der Waals surface area contributed by atoms with Crippen molar-refractivity contribution in [3.05, 3.63) is 71.8 Å². The average molecular weight is 559 g/mol. The Morgan fingerprint density at radius 3 is 2.45 bits per heavy atom. The molecule has 0 amide bonds. The minimum absolute atomic E-state index is 0.129. The zero-order valence-electron chi connectivity index (χ0n) is 22.3. The van der Waals surface area contributed by atoms with Crippen LogP contribution >= 0.6 is 10.7 Å². The van der Waals surface area contributed by atoms with E-state index in [0.717, 1.165) is 0 Å². The van der Waals surface area contributed by atoms with Gasteiger partial charge < -0.3 is 9.25 Å². The summed E-state index contributed by atoms with van der Waals surface area (Å²) in [4.78, 5) is 13.4. The van der Waals surface area contributed by atoms with Gasteiger partial charge in [-0.2, -0.15) is 0 Å². The van der Waals surface area contributed by atoms with Crippen LogP contribution in [0.5, 0.6) is 0 Å². The van der Waals surface area contributed by atoms with Crippen LogP contribution in [0.3, 0.4) is 0 Å². The summed E-state index contributed by atoms with van der Waals surface area (Å²) in [6.45, 7) is 11.8. The minimum Gasteiger partial charge on any atom is -0.364 e. The molecular weight excluding hydrogens is 525 g/mol. The molecule has 0 saturated carbocycles. The maximum atomic E-state index is 14.1. The Balaban J connectivity index is 2.01. The zero-order chi connectivity index (χ0) is 28.1. The second-order valence-electron chi connectivity index (χ2n) is 10.2. The normalized spacial score (nSPS) is 14.3. The molecule has 9 nitrogen and oxygen atoms in total. The lowest BCUT2D eigenvalue weighted by molar-refractivity contribution is -0.111. The highest BCUT2D eigenvalue weighted by Gasteiger charge is 2.24. The number of benzene rings is 1. The smallest absolute Gasteiger partial charge is 0.244 e. The van der Waals surface area contributed by atoms with E-state index in [0.29, 0.717) is 28.5 Å². The molecule has 0 saturated heterocycles. The molecule has 202 valence electrons. The van der Waals surface area contributed by atoms with E-state index < -0.39 is 32.2 Å². The molecule has 2 atom stereocenters. The molecule has 0 aliphatic rings. The molecule has 3 aromatic rings. The van der Waals surface area contributed by atoms with Crippen LogP contribution in [0.15, 0.2) is 58.4 Å². The van der Waals surface area contributed by atoms with E-state index in [1.807, 2.05) is 20.8 Å². The molecular formula is C26H33FN7O2S2+. The van der Waals surface area contributed by atoms with Crippen LogP contribution in [0.25, 0.3) is 5.70 Å². The molecule has 0 radical (unpaired) electrons. The molecule has 4 N–H and O–H groups in total. The minimum atomic E-state index is -1.46. The van der Waals surface area contributed by atoms with Crippen LogP contribution in [0.1, 0.15) is 58.6 Å². The van der Waals surface area contributed by atoms with Crippen molar-refractivity contribution in [2.45, 2.75) is 51.0 Å². The van der Waals surface area contributed by atoms with Crippen molar-refractivity contribution in [3.8, 4) is 0 Å². The summed E-state index contributed by atoms with van der Waals surface area (Å²) in [5.74, 6) is 4.29. The highest BCUT2D eigenvalue weighted by molar-refractivity contribution is 8.16. The van der Waals surface area contributed by atoms with Crippen molar-refractivity contribution >= 4 is 56.7 Å². The van der Waals surface area contributed by atoms with Crippen molar-refractivity contribution in [2.75, 3.05) is 9.44 Å². The molecule has 0 fully saturated rings. The molecule has 3 rings (SSSR count). The summed E-state index contributed by atoms with van der Waals surface area (Å²) in [6.07, 6.45) is 5.85. The summed E-state index contributed by atoms with van der Waals surface area (Å²) < 4.78 is 37.6. The number of nitrogens with two attached hydrogens (primary N) is 1. The molecule has 0 aliphatic heterocycles. The van der Waals surface area contributed by atoms with Gasteiger partial charge in [-0.3, -0.25) is 15.1 Å². The Kier molecular flexibility index (Phi) is 9.10. The number of nitrogens with one attached hydrogen (secondary N) is 2. The summed E-state index contributed by atoms with van der Waals surface area (Å²) >= 11 is 0. The third-order valence-electron chi connectivity index (χ3n) is 5.01. The van der Waals surface area contributed by atoms with Gasteiger partial charge in [0.15, 0.2) is 5.82 Å². The van der Waals surface area contributed by atoms with Crippen molar-refractivity contribution in [2.24, 2.45) is 4.99 Å². The van der Waals surface area contributed by atoms with E-state index in [2.05, 4.69) is 56.2 Å². The lowest BCUT2D eigenvalue weighted by atomic mass is 10.2. The topological polar surface area (TPSA) is 131 Å². The summed E-state index contributed by atoms with van der Waals surface area (Å²) in [5.41, 5.74) is 1.70. The number of nitrogens with zero attached hydrogens (tertiary/aromatic N) is 4. The van der Waals surface area contributed by atoms with Gasteiger partial charge >= 0.3 is 0 Å². The molecule has 1 aromatic carbocycles. The first-order chi connectivity index (χ1) is 17.8. The second kappa shape index (κ2) is 11.9. The first-order valence-corrected chi connectivity index (χ1v) is 14.2. The molecule has 38 heavy (non-hydrogen) atoms. The number of aromatic nitrogens is 3. The Labute approximate surface area is 227 Å². The number of anilines is 2. The van der Waals surface area contributed by atoms with Crippen LogP contribution in [-0.2, 0) is 11.0 Å². The highest BCUT2D eigenvalue weighted by atomic mass is 32.2. The van der Waals surface area contributed by atoms with Gasteiger partial charge in [0.2, 0.25) is 11.5 Å². The SMILES string of the molecule is C=S(Nc1cnc(C(=[NH2+])/C=C(\N=Cc2ccccc2F)c2ccon2)nc1NS(=O)C(C)(C)C)C(C)(C)C. The quantitative estimate of drug-likeness (QED) is 0.269. The van der Waals surface area contributed by atoms with Crippen LogP contribution in [0.2, 0.25) is 0 Å². The number of rotatable bonds is 9. The van der Waals surface area contributed by atoms with Gasteiger partial charge in [0.1, 0.15) is 34.4 Å². The fraction of sp³-hybridized carbons (Fsp3) is 0.308. The predicted octanol–water partition coefficient (Wildman–Crippen LogP) is 4.01. The third-order valence-corrected chi connectivity index (χ3v) is 8.44. The Morgan fingerprint density at radius 1 is 1.13 bits per heavy atom. The Hall–Kier alpha value is -3.51. The highest BCUT2D eigenvalue weighted by Crippen LogP contribution is 2.33. The molecule has 0 aliphatic carbocycles. The van der Waals surface area contributed by atoms with Crippen molar-refractivity contribution in [3.63, 3.8) is 0 Å². The molecule has 2 heterocycles. The monoisotopic (exact) mass is 558 g/mol. The van der Waals surface area contributed by atoms with Gasteiger partial charge in [0.05, 0.1) is 16.6 Å².